The summed E-state index contributed by atoms with van der Waals surface area (Å²) in [5.41, 5.74) is 6.64. The number of amides is 2. The van der Waals surface area contributed by atoms with Gasteiger partial charge in [0, 0.05) is 0 Å². The Morgan fingerprint density at radius 1 is 1.12 bits per heavy atom. The van der Waals surface area contributed by atoms with Crippen LogP contribution in [0.25, 0.3) is 0 Å². The average molecular weight is 366 g/mol. The summed E-state index contributed by atoms with van der Waals surface area (Å²) >= 11 is 0. The van der Waals surface area contributed by atoms with Crippen LogP contribution < -0.4 is 21.7 Å². The summed E-state index contributed by atoms with van der Waals surface area (Å²) in [6.07, 6.45) is -1.31. The van der Waals surface area contributed by atoms with Crippen LogP contribution in [0.4, 0.5) is 0 Å². The van der Waals surface area contributed by atoms with Crippen LogP contribution in [0.15, 0.2) is 30.3 Å². The minimum atomic E-state index is -1.31. The Kier molecular flexibility index (Phi) is 9.27. The van der Waals surface area contributed by atoms with E-state index in [2.05, 4.69) is 20.7 Å². The van der Waals surface area contributed by atoms with E-state index < -0.39 is 36.0 Å². The molecule has 5 N–H and O–H groups in total. The number of nitrogens with two attached hydrogens (primary N) is 1. The quantitative estimate of drug-likeness (QED) is 0.304. The fourth-order valence-corrected chi connectivity index (χ4v) is 2.02. The Labute approximate surface area is 152 Å². The van der Waals surface area contributed by atoms with Gasteiger partial charge in [-0.15, -0.1) is 0 Å². The lowest BCUT2D eigenvalue weighted by molar-refractivity contribution is -0.144. The lowest BCUT2D eigenvalue weighted by Gasteiger charge is -2.20. The van der Waals surface area contributed by atoms with Crippen LogP contribution in [-0.4, -0.2) is 56.8 Å². The highest BCUT2D eigenvalue weighted by molar-refractivity contribution is 5.91. The number of carbonyl (C=O) groups excluding carboxylic acids is 3. The Hall–Kier alpha value is -2.49. The van der Waals surface area contributed by atoms with Crippen LogP contribution in [-0.2, 0) is 30.5 Å². The van der Waals surface area contributed by atoms with Crippen molar-refractivity contribution in [2.45, 2.75) is 31.8 Å². The third kappa shape index (κ3) is 7.18. The third-order valence-electron chi connectivity index (χ3n) is 3.55. The summed E-state index contributed by atoms with van der Waals surface area (Å²) in [6.45, 7) is 1.91. The molecule has 3 atom stereocenters. The fraction of sp³-hybridized carbons (Fsp3) is 0.471. The topological polar surface area (TPSA) is 132 Å². The van der Waals surface area contributed by atoms with Gasteiger partial charge in [0.25, 0.3) is 5.91 Å². The van der Waals surface area contributed by atoms with Crippen molar-refractivity contribution in [3.8, 4) is 0 Å². The van der Waals surface area contributed by atoms with Crippen LogP contribution >= 0.6 is 0 Å². The van der Waals surface area contributed by atoms with Crippen molar-refractivity contribution in [1.29, 1.82) is 0 Å². The molecular weight excluding hydrogens is 340 g/mol. The van der Waals surface area contributed by atoms with Gasteiger partial charge in [0.05, 0.1) is 20.3 Å². The zero-order valence-electron chi connectivity index (χ0n) is 15.2. The summed E-state index contributed by atoms with van der Waals surface area (Å²) in [6, 6.07) is 7.97. The molecule has 0 aliphatic heterocycles. The first-order valence-corrected chi connectivity index (χ1v) is 8.12. The molecule has 144 valence electrons. The van der Waals surface area contributed by atoms with Crippen molar-refractivity contribution in [2.24, 2.45) is 5.73 Å². The molecule has 26 heavy (non-hydrogen) atoms. The number of ether oxygens (including phenoxy) is 2. The fourth-order valence-electron chi connectivity index (χ4n) is 2.02. The molecule has 0 aliphatic rings. The van der Waals surface area contributed by atoms with Gasteiger partial charge >= 0.3 is 5.97 Å². The van der Waals surface area contributed by atoms with E-state index in [1.165, 1.54) is 14.0 Å². The maximum Gasteiger partial charge on any atom is 0.328 e. The summed E-state index contributed by atoms with van der Waals surface area (Å²) in [7, 11) is 2.81. The van der Waals surface area contributed by atoms with Crippen molar-refractivity contribution in [2.75, 3.05) is 20.8 Å². The Morgan fingerprint density at radius 2 is 1.77 bits per heavy atom. The van der Waals surface area contributed by atoms with Gasteiger partial charge in [-0.25, -0.2) is 4.79 Å². The number of carbonyl (C=O) groups is 3. The highest BCUT2D eigenvalue weighted by atomic mass is 16.5. The normalized spacial score (nSPS) is 14.0. The van der Waals surface area contributed by atoms with E-state index >= 15 is 0 Å². The van der Waals surface area contributed by atoms with Gasteiger partial charge in [0.2, 0.25) is 5.91 Å². The average Bonchev–Trinajstić information content (AvgIpc) is 2.64. The maximum atomic E-state index is 12.2. The standard InChI is InChI=1S/C17H26N4O5/c1-11(17(24)25-3)20-16(23)14(18)21-15(22)13(19-2)10-26-9-12-7-5-4-6-8-12/h4-8,11,13-14,19H,9-10,18H2,1-3H3,(H,20,23)(H,21,22)/t11-,13-,14+/m1/s1. The van der Waals surface area contributed by atoms with E-state index in [1.54, 1.807) is 7.05 Å². The second-order valence-electron chi connectivity index (χ2n) is 5.58. The van der Waals surface area contributed by atoms with Crippen molar-refractivity contribution < 1.29 is 23.9 Å². The maximum absolute atomic E-state index is 12.2. The molecule has 0 heterocycles. The number of nitrogens with one attached hydrogen (secondary N) is 3. The van der Waals surface area contributed by atoms with Crippen molar-refractivity contribution in [1.82, 2.24) is 16.0 Å². The molecule has 0 aliphatic carbocycles. The number of hydrogen-bond donors (Lipinski definition) is 4. The summed E-state index contributed by atoms with van der Waals surface area (Å²) in [5.74, 6) is -1.80. The van der Waals surface area contributed by atoms with Crippen LogP contribution in [0, 0.1) is 0 Å². The number of likely N-dealkylation sites (N-methyl/N-ethyl adjacent to an activating group) is 1. The molecule has 1 aromatic carbocycles. The zero-order valence-corrected chi connectivity index (χ0v) is 15.2. The number of hydrogen-bond acceptors (Lipinski definition) is 7. The largest absolute Gasteiger partial charge is 0.467 e. The SMILES string of the molecule is CN[C@H](COCc1ccccc1)C(=O)N[C@H](N)C(=O)N[C@H](C)C(=O)OC. The molecule has 0 saturated heterocycles. The summed E-state index contributed by atoms with van der Waals surface area (Å²) in [5, 5.41) is 7.53. The van der Waals surface area contributed by atoms with Gasteiger partial charge in [-0.2, -0.15) is 0 Å². The Balaban J connectivity index is 2.44. The predicted molar refractivity (Wildman–Crippen MR) is 94.7 cm³/mol. The molecule has 0 bridgehead atoms. The van der Waals surface area contributed by atoms with Gasteiger partial charge in [-0.3, -0.25) is 9.59 Å². The third-order valence-corrected chi connectivity index (χ3v) is 3.55. The second-order valence-corrected chi connectivity index (χ2v) is 5.58. The first-order chi connectivity index (χ1) is 12.4. The predicted octanol–water partition coefficient (Wildman–Crippen LogP) is -1.13. The highest BCUT2D eigenvalue weighted by Crippen LogP contribution is 2.01. The molecule has 2 amide bonds. The smallest absolute Gasteiger partial charge is 0.328 e. The molecule has 0 aromatic heterocycles. The first kappa shape index (κ1) is 21.6. The van der Waals surface area contributed by atoms with Crippen molar-refractivity contribution in [3.63, 3.8) is 0 Å². The van der Waals surface area contributed by atoms with Crippen molar-refractivity contribution >= 4 is 17.8 Å². The van der Waals surface area contributed by atoms with Gasteiger partial charge in [0.1, 0.15) is 12.1 Å². The molecule has 1 rings (SSSR count). The van der Waals surface area contributed by atoms with E-state index in [9.17, 15) is 14.4 Å². The van der Waals surface area contributed by atoms with Crippen LogP contribution in [0.5, 0.6) is 0 Å². The van der Waals surface area contributed by atoms with Gasteiger partial charge in [0.15, 0.2) is 6.17 Å². The molecule has 1 aromatic rings. The van der Waals surface area contributed by atoms with E-state index in [0.29, 0.717) is 6.61 Å². The van der Waals surface area contributed by atoms with Gasteiger partial charge < -0.3 is 31.2 Å². The highest BCUT2D eigenvalue weighted by Gasteiger charge is 2.24. The van der Waals surface area contributed by atoms with Crippen LogP contribution in [0.1, 0.15) is 12.5 Å². The molecule has 0 saturated carbocycles. The van der Waals surface area contributed by atoms with E-state index in [0.717, 1.165) is 5.56 Å². The van der Waals surface area contributed by atoms with E-state index in [1.807, 2.05) is 30.3 Å². The second kappa shape index (κ2) is 11.2. The lowest BCUT2D eigenvalue weighted by Crippen LogP contribution is -2.58. The number of methoxy groups -OCH3 is 1. The van der Waals surface area contributed by atoms with E-state index in [-0.39, 0.29) is 6.61 Å². The number of benzene rings is 1. The zero-order chi connectivity index (χ0) is 19.5. The van der Waals surface area contributed by atoms with Crippen LogP contribution in [0.2, 0.25) is 0 Å². The van der Waals surface area contributed by atoms with Gasteiger partial charge in [-0.1, -0.05) is 30.3 Å². The molecule has 0 spiro atoms. The van der Waals surface area contributed by atoms with Gasteiger partial charge in [-0.05, 0) is 19.5 Å². The van der Waals surface area contributed by atoms with Crippen LogP contribution in [0.3, 0.4) is 0 Å². The molecule has 9 nitrogen and oxygen atoms in total. The Morgan fingerprint density at radius 3 is 2.35 bits per heavy atom. The molecule has 0 unspecified atom stereocenters. The number of rotatable bonds is 10. The number of esters is 1. The van der Waals surface area contributed by atoms with E-state index in [4.69, 9.17) is 10.5 Å². The lowest BCUT2D eigenvalue weighted by atomic mass is 10.2. The first-order valence-electron chi connectivity index (χ1n) is 8.12. The Bertz CT molecular complexity index is 596. The van der Waals surface area contributed by atoms with Crippen molar-refractivity contribution in [3.05, 3.63) is 35.9 Å². The molecule has 0 radical (unpaired) electrons. The summed E-state index contributed by atoms with van der Waals surface area (Å²) < 4.78 is 10.0. The molecular formula is C17H26N4O5. The monoisotopic (exact) mass is 366 g/mol. The summed E-state index contributed by atoms with van der Waals surface area (Å²) in [4.78, 5) is 35.4. The minimum Gasteiger partial charge on any atom is -0.467 e. The minimum absolute atomic E-state index is 0.101. The molecule has 0 fully saturated rings. The molecule has 9 heteroatoms.